The number of H-pyrrole nitrogens is 1. The number of aryl methyl sites for hydroxylation is 1. The molecule has 4 rings (SSSR count). The van der Waals surface area contributed by atoms with E-state index in [1.807, 2.05) is 0 Å². The highest BCUT2D eigenvalue weighted by molar-refractivity contribution is 7.20. The summed E-state index contributed by atoms with van der Waals surface area (Å²) >= 11 is 1.32. The zero-order chi connectivity index (χ0) is 11.4. The van der Waals surface area contributed by atoms with Crippen LogP contribution in [0.15, 0.2) is 0 Å². The topological polar surface area (TPSA) is 97.8 Å². The first kappa shape index (κ1) is 9.11. The minimum atomic E-state index is 0.489. The lowest BCUT2D eigenvalue weighted by molar-refractivity contribution is 0.860. The van der Waals surface area contributed by atoms with E-state index in [0.717, 1.165) is 25.0 Å². The zero-order valence-electron chi connectivity index (χ0n) is 8.84. The Bertz CT molecular complexity index is 706. The number of hydrogen-bond donors (Lipinski definition) is 2. The fraction of sp³-hybridized carbons (Fsp3) is 0.333. The van der Waals surface area contributed by atoms with Gasteiger partial charge >= 0.3 is 0 Å². The molecule has 3 aromatic heterocycles. The van der Waals surface area contributed by atoms with Crippen LogP contribution in [0.5, 0.6) is 0 Å². The van der Waals surface area contributed by atoms with Crippen LogP contribution in [0.2, 0.25) is 0 Å². The molecular weight excluding hydrogens is 238 g/mol. The molecule has 0 unspecified atom stereocenters. The SMILES string of the molecule is Nc1nn2c(-c3n[nH]c4c3CCC4)nnc2s1. The van der Waals surface area contributed by atoms with E-state index in [2.05, 4.69) is 25.5 Å². The second-order valence-corrected chi connectivity index (χ2v) is 5.03. The van der Waals surface area contributed by atoms with E-state index in [1.54, 1.807) is 4.52 Å². The predicted molar refractivity (Wildman–Crippen MR) is 62.7 cm³/mol. The van der Waals surface area contributed by atoms with Gasteiger partial charge in [0, 0.05) is 11.3 Å². The van der Waals surface area contributed by atoms with Crippen molar-refractivity contribution in [3.63, 3.8) is 0 Å². The van der Waals surface area contributed by atoms with Gasteiger partial charge in [-0.25, -0.2) is 0 Å². The Balaban J connectivity index is 1.98. The summed E-state index contributed by atoms with van der Waals surface area (Å²) in [6.45, 7) is 0. The number of nitrogens with two attached hydrogens (primary N) is 1. The Morgan fingerprint density at radius 3 is 3.18 bits per heavy atom. The molecule has 0 bridgehead atoms. The van der Waals surface area contributed by atoms with Gasteiger partial charge in [-0.1, -0.05) is 11.3 Å². The van der Waals surface area contributed by atoms with Crippen molar-refractivity contribution in [3.8, 4) is 11.5 Å². The highest BCUT2D eigenvalue weighted by atomic mass is 32.1. The van der Waals surface area contributed by atoms with Gasteiger partial charge in [-0.3, -0.25) is 5.10 Å². The number of fused-ring (bicyclic) bond motifs is 2. The molecule has 0 aliphatic heterocycles. The predicted octanol–water partition coefficient (Wildman–Crippen LogP) is 0.647. The summed E-state index contributed by atoms with van der Waals surface area (Å²) in [5.41, 5.74) is 8.97. The molecule has 0 saturated heterocycles. The maximum atomic E-state index is 5.66. The van der Waals surface area contributed by atoms with Crippen molar-refractivity contribution in [3.05, 3.63) is 11.3 Å². The van der Waals surface area contributed by atoms with Crippen LogP contribution in [0.1, 0.15) is 17.7 Å². The highest BCUT2D eigenvalue weighted by Gasteiger charge is 2.23. The largest absolute Gasteiger partial charge is 0.374 e. The molecule has 0 aromatic carbocycles. The van der Waals surface area contributed by atoms with Gasteiger partial charge < -0.3 is 5.73 Å². The van der Waals surface area contributed by atoms with E-state index in [4.69, 9.17) is 5.73 Å². The lowest BCUT2D eigenvalue weighted by Gasteiger charge is -1.94. The summed E-state index contributed by atoms with van der Waals surface area (Å²) in [5, 5.41) is 20.2. The van der Waals surface area contributed by atoms with Gasteiger partial charge in [-0.2, -0.15) is 9.61 Å². The van der Waals surface area contributed by atoms with Crippen LogP contribution in [0.4, 0.5) is 5.13 Å². The summed E-state index contributed by atoms with van der Waals surface area (Å²) in [5.74, 6) is 0.673. The molecular formula is C9H9N7S. The van der Waals surface area contributed by atoms with Crippen LogP contribution in [0, 0.1) is 0 Å². The molecule has 0 saturated carbocycles. The molecule has 3 N–H and O–H groups in total. The average molecular weight is 247 g/mol. The minimum absolute atomic E-state index is 0.489. The van der Waals surface area contributed by atoms with Crippen molar-refractivity contribution in [1.29, 1.82) is 0 Å². The lowest BCUT2D eigenvalue weighted by atomic mass is 10.2. The molecule has 0 spiro atoms. The number of nitrogens with zero attached hydrogens (tertiary/aromatic N) is 5. The fourth-order valence-corrected chi connectivity index (χ4v) is 2.89. The van der Waals surface area contributed by atoms with E-state index < -0.39 is 0 Å². The van der Waals surface area contributed by atoms with Crippen molar-refractivity contribution in [2.45, 2.75) is 19.3 Å². The summed E-state index contributed by atoms with van der Waals surface area (Å²) in [7, 11) is 0. The summed E-state index contributed by atoms with van der Waals surface area (Å²) < 4.78 is 1.66. The number of rotatable bonds is 1. The maximum absolute atomic E-state index is 5.66. The smallest absolute Gasteiger partial charge is 0.236 e. The monoisotopic (exact) mass is 247 g/mol. The van der Waals surface area contributed by atoms with Crippen molar-refractivity contribution >= 4 is 21.4 Å². The number of anilines is 1. The van der Waals surface area contributed by atoms with E-state index in [9.17, 15) is 0 Å². The van der Waals surface area contributed by atoms with Gasteiger partial charge in [0.2, 0.25) is 15.9 Å². The molecule has 0 fully saturated rings. The van der Waals surface area contributed by atoms with Crippen LogP contribution < -0.4 is 5.73 Å². The Hall–Kier alpha value is -1.96. The highest BCUT2D eigenvalue weighted by Crippen LogP contribution is 2.30. The normalized spacial score (nSPS) is 14.6. The fourth-order valence-electron chi connectivity index (χ4n) is 2.28. The molecule has 3 aromatic rings. The Kier molecular flexibility index (Phi) is 1.63. The van der Waals surface area contributed by atoms with Gasteiger partial charge in [-0.05, 0) is 19.3 Å². The summed E-state index contributed by atoms with van der Waals surface area (Å²) in [6, 6.07) is 0. The first-order valence-corrected chi connectivity index (χ1v) is 6.19. The van der Waals surface area contributed by atoms with Gasteiger partial charge in [-0.15, -0.1) is 15.3 Å². The second kappa shape index (κ2) is 3.04. The average Bonchev–Trinajstić information content (AvgIpc) is 2.95. The third-order valence-corrected chi connectivity index (χ3v) is 3.75. The molecule has 0 radical (unpaired) electrons. The Morgan fingerprint density at radius 2 is 2.24 bits per heavy atom. The number of nitrogen functional groups attached to an aromatic ring is 1. The van der Waals surface area contributed by atoms with Crippen molar-refractivity contribution < 1.29 is 0 Å². The molecule has 7 nitrogen and oxygen atoms in total. The van der Waals surface area contributed by atoms with Crippen molar-refractivity contribution in [1.82, 2.24) is 30.0 Å². The van der Waals surface area contributed by atoms with Gasteiger partial charge in [0.25, 0.3) is 0 Å². The molecule has 17 heavy (non-hydrogen) atoms. The van der Waals surface area contributed by atoms with E-state index in [0.29, 0.717) is 15.9 Å². The van der Waals surface area contributed by atoms with Gasteiger partial charge in [0.1, 0.15) is 5.69 Å². The number of hydrogen-bond acceptors (Lipinski definition) is 6. The molecule has 86 valence electrons. The molecule has 1 aliphatic rings. The molecule has 3 heterocycles. The van der Waals surface area contributed by atoms with E-state index in [1.165, 1.54) is 22.6 Å². The maximum Gasteiger partial charge on any atom is 0.236 e. The van der Waals surface area contributed by atoms with Gasteiger partial charge in [0.05, 0.1) is 0 Å². The Morgan fingerprint density at radius 1 is 1.29 bits per heavy atom. The van der Waals surface area contributed by atoms with Crippen LogP contribution >= 0.6 is 11.3 Å². The van der Waals surface area contributed by atoms with Crippen LogP contribution in [0.25, 0.3) is 16.5 Å². The summed E-state index contributed by atoms with van der Waals surface area (Å²) in [4.78, 5) is 0.701. The molecule has 0 amide bonds. The summed E-state index contributed by atoms with van der Waals surface area (Å²) in [6.07, 6.45) is 3.26. The Labute approximate surface area is 99.7 Å². The first-order chi connectivity index (χ1) is 8.33. The number of aromatic amines is 1. The second-order valence-electron chi connectivity index (χ2n) is 4.04. The lowest BCUT2D eigenvalue weighted by Crippen LogP contribution is -1.95. The van der Waals surface area contributed by atoms with Gasteiger partial charge in [0.15, 0.2) is 0 Å². The van der Waals surface area contributed by atoms with Crippen LogP contribution in [-0.2, 0) is 12.8 Å². The molecule has 1 aliphatic carbocycles. The van der Waals surface area contributed by atoms with Crippen molar-refractivity contribution in [2.75, 3.05) is 5.73 Å². The molecule has 0 atom stereocenters. The van der Waals surface area contributed by atoms with Crippen molar-refractivity contribution in [2.24, 2.45) is 0 Å². The third-order valence-electron chi connectivity index (χ3n) is 3.02. The molecule has 8 heteroatoms. The van der Waals surface area contributed by atoms with Crippen LogP contribution in [-0.4, -0.2) is 30.0 Å². The van der Waals surface area contributed by atoms with E-state index >= 15 is 0 Å². The standard InChI is InChI=1S/C9H9N7S/c10-8-15-16-7(13-14-9(16)17-8)6-4-2-1-3-5(4)11-12-6/h1-3H2,(H2,10,15)(H,11,12). The first-order valence-electron chi connectivity index (χ1n) is 5.37. The minimum Gasteiger partial charge on any atom is -0.374 e. The number of nitrogens with one attached hydrogen (secondary N) is 1. The zero-order valence-corrected chi connectivity index (χ0v) is 9.66. The van der Waals surface area contributed by atoms with Crippen LogP contribution in [0.3, 0.4) is 0 Å². The quantitative estimate of drug-likeness (QED) is 0.657. The third kappa shape index (κ3) is 1.15. The van der Waals surface area contributed by atoms with E-state index in [-0.39, 0.29) is 0 Å². The number of aromatic nitrogens is 6.